The van der Waals surface area contributed by atoms with Gasteiger partial charge in [-0.1, -0.05) is 30.3 Å². The van der Waals surface area contributed by atoms with Gasteiger partial charge in [-0.15, -0.1) is 0 Å². The summed E-state index contributed by atoms with van der Waals surface area (Å²) in [4.78, 5) is 4.10. The highest BCUT2D eigenvalue weighted by Gasteiger charge is 2.19. The second-order valence-electron chi connectivity index (χ2n) is 4.99. The molecule has 0 saturated heterocycles. The lowest BCUT2D eigenvalue weighted by atomic mass is 9.97. The molecule has 1 heterocycles. The first-order valence-corrected chi connectivity index (χ1v) is 6.74. The van der Waals surface area contributed by atoms with Gasteiger partial charge in [0.25, 0.3) is 0 Å². The summed E-state index contributed by atoms with van der Waals surface area (Å²) in [6.45, 7) is 5.90. The zero-order valence-electron chi connectivity index (χ0n) is 11.1. The lowest BCUT2D eigenvalue weighted by Crippen LogP contribution is -1.94. The summed E-state index contributed by atoms with van der Waals surface area (Å²) in [7, 11) is 0. The van der Waals surface area contributed by atoms with Gasteiger partial charge in [-0.2, -0.15) is 0 Å². The second kappa shape index (κ2) is 4.88. The molecule has 0 amide bonds. The van der Waals surface area contributed by atoms with Crippen LogP contribution in [0.15, 0.2) is 37.0 Å². The Hall–Kier alpha value is -1.93. The van der Waals surface area contributed by atoms with Crippen molar-refractivity contribution in [1.29, 1.82) is 0 Å². The number of benzene rings is 1. The SMILES string of the molecule is C=C(C)c1cnc(Cl)cc1C1=Cc2c(F)cccc2C1. The molecule has 3 rings (SSSR count). The van der Waals surface area contributed by atoms with Crippen molar-refractivity contribution in [3.05, 3.63) is 70.3 Å². The number of hydrogen-bond donors (Lipinski definition) is 0. The molecule has 3 heteroatoms. The van der Waals surface area contributed by atoms with Gasteiger partial charge in [0.2, 0.25) is 0 Å². The van der Waals surface area contributed by atoms with Gasteiger partial charge in [0.05, 0.1) is 0 Å². The number of halogens is 2. The molecule has 1 aliphatic carbocycles. The van der Waals surface area contributed by atoms with E-state index in [1.54, 1.807) is 12.3 Å². The number of aromatic nitrogens is 1. The number of fused-ring (bicyclic) bond motifs is 1. The van der Waals surface area contributed by atoms with Crippen molar-refractivity contribution in [2.75, 3.05) is 0 Å². The fourth-order valence-corrected chi connectivity index (χ4v) is 2.69. The molecule has 0 radical (unpaired) electrons. The molecule has 1 aliphatic rings. The van der Waals surface area contributed by atoms with Crippen LogP contribution >= 0.6 is 11.6 Å². The van der Waals surface area contributed by atoms with Gasteiger partial charge >= 0.3 is 0 Å². The predicted octanol–water partition coefficient (Wildman–Crippen LogP) is 5.00. The fourth-order valence-electron chi connectivity index (χ4n) is 2.54. The lowest BCUT2D eigenvalue weighted by molar-refractivity contribution is 0.624. The third-order valence-corrected chi connectivity index (χ3v) is 3.73. The normalized spacial score (nSPS) is 13.1. The number of hydrogen-bond acceptors (Lipinski definition) is 1. The molecule has 0 N–H and O–H groups in total. The van der Waals surface area contributed by atoms with Crippen molar-refractivity contribution < 1.29 is 4.39 Å². The molecule has 0 aliphatic heterocycles. The summed E-state index contributed by atoms with van der Waals surface area (Å²) >= 11 is 6.00. The number of pyridine rings is 1. The van der Waals surface area contributed by atoms with Crippen molar-refractivity contribution in [3.8, 4) is 0 Å². The van der Waals surface area contributed by atoms with Crippen molar-refractivity contribution >= 4 is 28.8 Å². The molecule has 20 heavy (non-hydrogen) atoms. The Balaban J connectivity index is 2.13. The first-order valence-electron chi connectivity index (χ1n) is 6.36. The molecule has 0 saturated carbocycles. The highest BCUT2D eigenvalue weighted by atomic mass is 35.5. The van der Waals surface area contributed by atoms with Gasteiger partial charge in [-0.25, -0.2) is 9.37 Å². The van der Waals surface area contributed by atoms with Gasteiger partial charge < -0.3 is 0 Å². The van der Waals surface area contributed by atoms with Gasteiger partial charge in [-0.3, -0.25) is 0 Å². The second-order valence-corrected chi connectivity index (χ2v) is 5.38. The highest BCUT2D eigenvalue weighted by molar-refractivity contribution is 6.29. The molecule has 2 aromatic rings. The molecule has 100 valence electrons. The van der Waals surface area contributed by atoms with Crippen LogP contribution in [0.25, 0.3) is 17.2 Å². The largest absolute Gasteiger partial charge is 0.244 e. The quantitative estimate of drug-likeness (QED) is 0.707. The molecule has 0 spiro atoms. The zero-order valence-corrected chi connectivity index (χ0v) is 11.8. The maximum atomic E-state index is 13.8. The van der Waals surface area contributed by atoms with Crippen LogP contribution in [0.3, 0.4) is 0 Å². The molecule has 1 aromatic carbocycles. The lowest BCUT2D eigenvalue weighted by Gasteiger charge is -2.10. The summed E-state index contributed by atoms with van der Waals surface area (Å²) in [5.74, 6) is -0.186. The molecule has 1 aromatic heterocycles. The topological polar surface area (TPSA) is 12.9 Å². The van der Waals surface area contributed by atoms with E-state index in [4.69, 9.17) is 11.6 Å². The van der Waals surface area contributed by atoms with Crippen LogP contribution in [0.5, 0.6) is 0 Å². The van der Waals surface area contributed by atoms with E-state index in [1.807, 2.05) is 25.1 Å². The molecular formula is C17H13ClFN. The average Bonchev–Trinajstić information content (AvgIpc) is 2.83. The van der Waals surface area contributed by atoms with E-state index in [2.05, 4.69) is 11.6 Å². The maximum Gasteiger partial charge on any atom is 0.130 e. The summed E-state index contributed by atoms with van der Waals surface area (Å²) < 4.78 is 13.8. The summed E-state index contributed by atoms with van der Waals surface area (Å²) in [6.07, 6.45) is 4.32. The third-order valence-electron chi connectivity index (χ3n) is 3.52. The van der Waals surface area contributed by atoms with E-state index < -0.39 is 0 Å². The maximum absolute atomic E-state index is 13.8. The average molecular weight is 286 g/mol. The molecular weight excluding hydrogens is 273 g/mol. The van der Waals surface area contributed by atoms with E-state index >= 15 is 0 Å². The molecule has 0 bridgehead atoms. The Morgan fingerprint density at radius 2 is 2.20 bits per heavy atom. The van der Waals surface area contributed by atoms with Gasteiger partial charge in [0, 0.05) is 17.3 Å². The smallest absolute Gasteiger partial charge is 0.130 e. The number of allylic oxidation sites excluding steroid dienone is 2. The molecule has 0 fully saturated rings. The third kappa shape index (κ3) is 2.16. The van der Waals surface area contributed by atoms with Crippen molar-refractivity contribution in [3.63, 3.8) is 0 Å². The van der Waals surface area contributed by atoms with Crippen molar-refractivity contribution in [2.24, 2.45) is 0 Å². The van der Waals surface area contributed by atoms with Crippen molar-refractivity contribution in [1.82, 2.24) is 4.98 Å². The van der Waals surface area contributed by atoms with E-state index in [-0.39, 0.29) is 5.82 Å². The highest BCUT2D eigenvalue weighted by Crippen LogP contribution is 2.36. The first-order chi connectivity index (χ1) is 9.56. The molecule has 0 unspecified atom stereocenters. The van der Waals surface area contributed by atoms with E-state index in [1.165, 1.54) is 6.07 Å². The van der Waals surface area contributed by atoms with Crippen LogP contribution in [0.2, 0.25) is 5.15 Å². The number of rotatable bonds is 2. The van der Waals surface area contributed by atoms with E-state index in [0.29, 0.717) is 17.1 Å². The number of nitrogens with zero attached hydrogens (tertiary/aromatic N) is 1. The Morgan fingerprint density at radius 1 is 1.40 bits per heavy atom. The molecule has 0 atom stereocenters. The monoisotopic (exact) mass is 285 g/mol. The zero-order chi connectivity index (χ0) is 14.3. The Labute approximate surface area is 122 Å². The first kappa shape index (κ1) is 13.1. The van der Waals surface area contributed by atoms with Crippen LogP contribution in [-0.4, -0.2) is 4.98 Å². The Kier molecular flexibility index (Phi) is 3.19. The van der Waals surface area contributed by atoms with Crippen molar-refractivity contribution in [2.45, 2.75) is 13.3 Å². The minimum atomic E-state index is -0.186. The van der Waals surface area contributed by atoms with Gasteiger partial charge in [0.15, 0.2) is 0 Å². The fraction of sp³-hybridized carbons (Fsp3) is 0.118. The van der Waals surface area contributed by atoms with Crippen LogP contribution in [-0.2, 0) is 6.42 Å². The minimum Gasteiger partial charge on any atom is -0.244 e. The van der Waals surface area contributed by atoms with Crippen LogP contribution in [0.4, 0.5) is 4.39 Å². The Morgan fingerprint density at radius 3 is 2.90 bits per heavy atom. The Bertz CT molecular complexity index is 747. The van der Waals surface area contributed by atoms with Crippen LogP contribution < -0.4 is 0 Å². The van der Waals surface area contributed by atoms with Gasteiger partial charge in [-0.05, 0) is 53.8 Å². The standard InChI is InChI=1S/C17H13ClFN/c1-10(2)15-9-20-17(18)8-13(15)12-6-11-4-3-5-16(19)14(11)7-12/h3-5,7-9H,1,6H2,2H3. The summed E-state index contributed by atoms with van der Waals surface area (Å²) in [6, 6.07) is 6.99. The van der Waals surface area contributed by atoms with E-state index in [9.17, 15) is 4.39 Å². The van der Waals surface area contributed by atoms with E-state index in [0.717, 1.165) is 27.8 Å². The van der Waals surface area contributed by atoms with Crippen LogP contribution in [0.1, 0.15) is 29.2 Å². The minimum absolute atomic E-state index is 0.186. The summed E-state index contributed by atoms with van der Waals surface area (Å²) in [5.41, 5.74) is 5.57. The summed E-state index contributed by atoms with van der Waals surface area (Å²) in [5, 5.41) is 0.433. The van der Waals surface area contributed by atoms with Gasteiger partial charge in [0.1, 0.15) is 11.0 Å². The van der Waals surface area contributed by atoms with Crippen LogP contribution in [0, 0.1) is 5.82 Å². The predicted molar refractivity (Wildman–Crippen MR) is 81.9 cm³/mol. The molecule has 1 nitrogen and oxygen atoms in total.